The van der Waals surface area contributed by atoms with Crippen molar-refractivity contribution in [3.05, 3.63) is 29.8 Å². The maximum absolute atomic E-state index is 11.1. The number of benzene rings is 1. The van der Waals surface area contributed by atoms with Crippen molar-refractivity contribution in [2.75, 3.05) is 24.8 Å². The lowest BCUT2D eigenvalue weighted by molar-refractivity contribution is -0.134. The van der Waals surface area contributed by atoms with Crippen molar-refractivity contribution in [1.29, 1.82) is 0 Å². The van der Waals surface area contributed by atoms with E-state index in [1.807, 2.05) is 6.07 Å². The summed E-state index contributed by atoms with van der Waals surface area (Å²) in [5.41, 5.74) is 2.23. The molecule has 0 saturated heterocycles. The molecule has 0 aliphatic rings. The number of hydrogen-bond donors (Lipinski definition) is 2. The number of carbonyl (C=O) groups excluding carboxylic acids is 2. The summed E-state index contributed by atoms with van der Waals surface area (Å²) >= 11 is 0. The molecular formula is C13H16N2O3. The van der Waals surface area contributed by atoms with Gasteiger partial charge in [0.05, 0.1) is 12.8 Å². The van der Waals surface area contributed by atoms with Crippen molar-refractivity contribution in [3.63, 3.8) is 0 Å². The predicted molar refractivity (Wildman–Crippen MR) is 71.3 cm³/mol. The fraction of sp³-hybridized carbons (Fsp3) is 0.231. The topological polar surface area (TPSA) is 67.4 Å². The molecular weight excluding hydrogens is 232 g/mol. The zero-order chi connectivity index (χ0) is 13.5. The second-order valence-electron chi connectivity index (χ2n) is 3.59. The summed E-state index contributed by atoms with van der Waals surface area (Å²) in [6.07, 6.45) is 2.90. The first-order valence-corrected chi connectivity index (χ1v) is 5.42. The lowest BCUT2D eigenvalue weighted by atomic mass is 10.1. The number of esters is 1. The van der Waals surface area contributed by atoms with E-state index in [9.17, 15) is 9.59 Å². The standard InChI is InChI=1S/C13H16N2O3/c1-9(16)15-12-8-11(14-2)6-4-10(12)5-7-13(17)18-3/h4-8,14H,1-3H3,(H,15,16)/b7-5+. The average Bonchev–Trinajstić information content (AvgIpc) is 2.36. The van der Waals surface area contributed by atoms with Gasteiger partial charge in [0, 0.05) is 25.7 Å². The first-order chi connectivity index (χ1) is 8.56. The summed E-state index contributed by atoms with van der Waals surface area (Å²) in [4.78, 5) is 22.1. The zero-order valence-corrected chi connectivity index (χ0v) is 10.6. The molecule has 0 heterocycles. The second kappa shape index (κ2) is 6.44. The molecule has 2 N–H and O–H groups in total. The minimum Gasteiger partial charge on any atom is -0.466 e. The summed E-state index contributed by atoms with van der Waals surface area (Å²) in [5, 5.41) is 5.68. The third-order valence-corrected chi connectivity index (χ3v) is 2.25. The second-order valence-corrected chi connectivity index (χ2v) is 3.59. The Hall–Kier alpha value is -2.30. The van der Waals surface area contributed by atoms with Gasteiger partial charge in [0.1, 0.15) is 0 Å². The zero-order valence-electron chi connectivity index (χ0n) is 10.6. The third kappa shape index (κ3) is 3.93. The van der Waals surface area contributed by atoms with E-state index in [1.165, 1.54) is 20.1 Å². The molecule has 0 spiro atoms. The Morgan fingerprint density at radius 3 is 2.61 bits per heavy atom. The molecule has 0 aliphatic heterocycles. The molecule has 0 bridgehead atoms. The van der Waals surface area contributed by atoms with Crippen molar-refractivity contribution >= 4 is 29.3 Å². The Kier molecular flexibility index (Phi) is 4.92. The first-order valence-electron chi connectivity index (χ1n) is 5.42. The number of carbonyl (C=O) groups is 2. The lowest BCUT2D eigenvalue weighted by Gasteiger charge is -2.09. The SMILES string of the molecule is CNc1ccc(/C=C/C(=O)OC)c(NC(C)=O)c1. The Morgan fingerprint density at radius 1 is 1.33 bits per heavy atom. The van der Waals surface area contributed by atoms with Gasteiger partial charge in [-0.15, -0.1) is 0 Å². The fourth-order valence-electron chi connectivity index (χ4n) is 1.38. The highest BCUT2D eigenvalue weighted by atomic mass is 16.5. The first kappa shape index (κ1) is 13.8. The Morgan fingerprint density at radius 2 is 2.06 bits per heavy atom. The molecule has 5 heteroatoms. The predicted octanol–water partition coefficient (Wildman–Crippen LogP) is 1.87. The van der Waals surface area contributed by atoms with Crippen LogP contribution < -0.4 is 10.6 Å². The molecule has 0 saturated carbocycles. The molecule has 1 rings (SSSR count). The molecule has 0 aromatic heterocycles. The lowest BCUT2D eigenvalue weighted by Crippen LogP contribution is -2.07. The maximum Gasteiger partial charge on any atom is 0.330 e. The van der Waals surface area contributed by atoms with Crippen molar-refractivity contribution in [2.45, 2.75) is 6.92 Å². The molecule has 1 aromatic carbocycles. The number of hydrogen-bond acceptors (Lipinski definition) is 4. The number of methoxy groups -OCH3 is 1. The number of anilines is 2. The van der Waals surface area contributed by atoms with E-state index in [0.29, 0.717) is 5.69 Å². The summed E-state index contributed by atoms with van der Waals surface area (Å²) in [5.74, 6) is -0.613. The smallest absolute Gasteiger partial charge is 0.330 e. The minimum absolute atomic E-state index is 0.170. The summed E-state index contributed by atoms with van der Waals surface area (Å²) in [6.45, 7) is 1.43. The minimum atomic E-state index is -0.443. The van der Waals surface area contributed by atoms with Crippen LogP contribution in [0.1, 0.15) is 12.5 Å². The van der Waals surface area contributed by atoms with Crippen LogP contribution in [-0.4, -0.2) is 26.0 Å². The van der Waals surface area contributed by atoms with Gasteiger partial charge in [0.15, 0.2) is 0 Å². The van der Waals surface area contributed by atoms with Crippen LogP contribution in [0.15, 0.2) is 24.3 Å². The van der Waals surface area contributed by atoms with Gasteiger partial charge in [-0.25, -0.2) is 4.79 Å². The van der Waals surface area contributed by atoms with Crippen molar-refractivity contribution in [1.82, 2.24) is 0 Å². The molecule has 0 fully saturated rings. The molecule has 0 unspecified atom stereocenters. The molecule has 0 atom stereocenters. The van der Waals surface area contributed by atoms with Gasteiger partial charge in [0.25, 0.3) is 0 Å². The van der Waals surface area contributed by atoms with Gasteiger partial charge >= 0.3 is 5.97 Å². The summed E-state index contributed by atoms with van der Waals surface area (Å²) in [7, 11) is 3.10. The Balaban J connectivity index is 3.05. The van der Waals surface area contributed by atoms with Crippen molar-refractivity contribution < 1.29 is 14.3 Å². The van der Waals surface area contributed by atoms with Crippen LogP contribution in [0.3, 0.4) is 0 Å². The maximum atomic E-state index is 11.1. The number of amides is 1. The molecule has 1 amide bonds. The molecule has 0 aliphatic carbocycles. The number of ether oxygens (including phenoxy) is 1. The van der Waals surface area contributed by atoms with E-state index in [4.69, 9.17) is 0 Å². The van der Waals surface area contributed by atoms with Gasteiger partial charge in [-0.3, -0.25) is 4.79 Å². The quantitative estimate of drug-likeness (QED) is 0.630. The number of rotatable bonds is 4. The average molecular weight is 248 g/mol. The van der Waals surface area contributed by atoms with Crippen LogP contribution in [0.4, 0.5) is 11.4 Å². The van der Waals surface area contributed by atoms with E-state index < -0.39 is 5.97 Å². The van der Waals surface area contributed by atoms with E-state index in [2.05, 4.69) is 15.4 Å². The molecule has 5 nitrogen and oxygen atoms in total. The molecule has 1 aromatic rings. The van der Waals surface area contributed by atoms with E-state index in [0.717, 1.165) is 11.3 Å². The van der Waals surface area contributed by atoms with Gasteiger partial charge in [0.2, 0.25) is 5.91 Å². The van der Waals surface area contributed by atoms with E-state index in [-0.39, 0.29) is 5.91 Å². The Bertz CT molecular complexity index is 481. The molecule has 18 heavy (non-hydrogen) atoms. The number of nitrogens with one attached hydrogen (secondary N) is 2. The highest BCUT2D eigenvalue weighted by Gasteiger charge is 2.03. The van der Waals surface area contributed by atoms with Crippen LogP contribution in [-0.2, 0) is 14.3 Å². The molecule has 96 valence electrons. The van der Waals surface area contributed by atoms with Crippen molar-refractivity contribution in [2.24, 2.45) is 0 Å². The molecule has 0 radical (unpaired) electrons. The van der Waals surface area contributed by atoms with Crippen LogP contribution in [0, 0.1) is 0 Å². The van der Waals surface area contributed by atoms with Crippen molar-refractivity contribution in [3.8, 4) is 0 Å². The van der Waals surface area contributed by atoms with E-state index in [1.54, 1.807) is 25.3 Å². The highest BCUT2D eigenvalue weighted by molar-refractivity contribution is 5.94. The van der Waals surface area contributed by atoms with Crippen LogP contribution in [0.25, 0.3) is 6.08 Å². The third-order valence-electron chi connectivity index (χ3n) is 2.25. The summed E-state index contributed by atoms with van der Waals surface area (Å²) in [6, 6.07) is 5.44. The van der Waals surface area contributed by atoms with Crippen LogP contribution in [0.5, 0.6) is 0 Å². The largest absolute Gasteiger partial charge is 0.466 e. The monoisotopic (exact) mass is 248 g/mol. The van der Waals surface area contributed by atoms with Gasteiger partial charge in [-0.1, -0.05) is 6.07 Å². The van der Waals surface area contributed by atoms with Gasteiger partial charge in [-0.05, 0) is 23.8 Å². The summed E-state index contributed by atoms with van der Waals surface area (Å²) < 4.78 is 4.51. The highest BCUT2D eigenvalue weighted by Crippen LogP contribution is 2.22. The van der Waals surface area contributed by atoms with Crippen LogP contribution >= 0.6 is 0 Å². The van der Waals surface area contributed by atoms with E-state index >= 15 is 0 Å². The van der Waals surface area contributed by atoms with Gasteiger partial charge in [-0.2, -0.15) is 0 Å². The normalized spacial score (nSPS) is 10.2. The van der Waals surface area contributed by atoms with Gasteiger partial charge < -0.3 is 15.4 Å². The van der Waals surface area contributed by atoms with Crippen LogP contribution in [0.2, 0.25) is 0 Å². The fourth-order valence-corrected chi connectivity index (χ4v) is 1.38. The Labute approximate surface area is 106 Å².